The Kier molecular flexibility index (Phi) is 5.51. The molecule has 6 nitrogen and oxygen atoms in total. The van der Waals surface area contributed by atoms with Crippen molar-refractivity contribution >= 4 is 34.9 Å². The van der Waals surface area contributed by atoms with Crippen molar-refractivity contribution in [2.24, 2.45) is 4.99 Å². The highest BCUT2D eigenvalue weighted by Crippen LogP contribution is 2.34. The highest BCUT2D eigenvalue weighted by molar-refractivity contribution is 6.31. The molecule has 0 fully saturated rings. The molecule has 0 atom stereocenters. The number of aromatic carboxylic acids is 1. The molecule has 2 heterocycles. The number of benzene rings is 3. The van der Waals surface area contributed by atoms with Crippen LogP contribution in [0.3, 0.4) is 0 Å². The lowest BCUT2D eigenvalue weighted by molar-refractivity contribution is -0.255. The van der Waals surface area contributed by atoms with Crippen molar-refractivity contribution in [2.75, 3.05) is 5.32 Å². The second-order valence-electron chi connectivity index (χ2n) is 7.51. The number of carbonyl (C=O) groups is 1. The van der Waals surface area contributed by atoms with Crippen molar-refractivity contribution in [1.82, 2.24) is 9.97 Å². The summed E-state index contributed by atoms with van der Waals surface area (Å²) in [6, 6.07) is 14.6. The maximum absolute atomic E-state index is 14.6. The van der Waals surface area contributed by atoms with E-state index in [4.69, 9.17) is 11.6 Å². The summed E-state index contributed by atoms with van der Waals surface area (Å²) in [5, 5.41) is 14.4. The van der Waals surface area contributed by atoms with Gasteiger partial charge in [-0.1, -0.05) is 35.9 Å². The lowest BCUT2D eigenvalue weighted by atomic mass is 9.95. The molecule has 5 rings (SSSR count). The largest absolute Gasteiger partial charge is 0.545 e. The first-order chi connectivity index (χ1) is 16.4. The molecule has 0 bridgehead atoms. The number of anilines is 2. The number of aromatic nitrogens is 2. The third kappa shape index (κ3) is 3.99. The zero-order valence-electron chi connectivity index (χ0n) is 17.3. The molecule has 3 aromatic carbocycles. The van der Waals surface area contributed by atoms with Gasteiger partial charge in [-0.25, -0.2) is 18.7 Å². The number of carboxylic acid groups (broad SMARTS) is 1. The maximum atomic E-state index is 14.6. The van der Waals surface area contributed by atoms with E-state index in [-0.39, 0.29) is 29.3 Å². The van der Waals surface area contributed by atoms with Gasteiger partial charge < -0.3 is 15.2 Å². The van der Waals surface area contributed by atoms with Gasteiger partial charge in [0.25, 0.3) is 0 Å². The summed E-state index contributed by atoms with van der Waals surface area (Å²) in [4.78, 5) is 24.4. The zero-order chi connectivity index (χ0) is 23.8. The normalized spacial score (nSPS) is 12.3. The quantitative estimate of drug-likeness (QED) is 0.468. The van der Waals surface area contributed by atoms with Gasteiger partial charge in [-0.3, -0.25) is 4.99 Å². The SMILES string of the molecule is O=C([O-])c1ccc(Nc2ncc3c(n2)-c2ccc(Cl)cc2C(c2c(F)cccc2F)=NC3)cc1. The van der Waals surface area contributed by atoms with Crippen LogP contribution in [0.15, 0.2) is 71.9 Å². The summed E-state index contributed by atoms with van der Waals surface area (Å²) in [5.74, 6) is -2.49. The van der Waals surface area contributed by atoms with Crippen LogP contribution in [0.25, 0.3) is 11.3 Å². The van der Waals surface area contributed by atoms with E-state index in [0.717, 1.165) is 0 Å². The Labute approximate surface area is 197 Å². The van der Waals surface area contributed by atoms with Crippen LogP contribution in [-0.4, -0.2) is 21.6 Å². The van der Waals surface area contributed by atoms with Gasteiger partial charge in [-0.15, -0.1) is 0 Å². The van der Waals surface area contributed by atoms with Crippen LogP contribution in [0, 0.1) is 11.6 Å². The molecule has 34 heavy (non-hydrogen) atoms. The number of fused-ring (bicyclic) bond motifs is 3. The summed E-state index contributed by atoms with van der Waals surface area (Å²) in [7, 11) is 0. The Hall–Kier alpha value is -4.17. The highest BCUT2D eigenvalue weighted by Gasteiger charge is 2.25. The minimum atomic E-state index is -1.27. The standard InChI is InChI=1S/C25H15ClF2N4O2/c26-15-6-9-17-18(10-15)23(21-19(27)2-1-3-20(21)28)29-11-14-12-30-25(32-22(14)17)31-16-7-4-13(5-8-16)24(33)34/h1-10,12H,11H2,(H,33,34)(H,30,31,32)/p-1. The van der Waals surface area contributed by atoms with Crippen LogP contribution in [0.4, 0.5) is 20.4 Å². The first-order valence-electron chi connectivity index (χ1n) is 10.1. The first-order valence-corrected chi connectivity index (χ1v) is 10.5. The number of carboxylic acids is 1. The van der Waals surface area contributed by atoms with Crippen molar-refractivity contribution in [1.29, 1.82) is 0 Å². The second-order valence-corrected chi connectivity index (χ2v) is 7.95. The van der Waals surface area contributed by atoms with E-state index < -0.39 is 17.6 Å². The van der Waals surface area contributed by atoms with Crippen molar-refractivity contribution in [3.8, 4) is 11.3 Å². The van der Waals surface area contributed by atoms with E-state index in [0.29, 0.717) is 33.1 Å². The fraction of sp³-hybridized carbons (Fsp3) is 0.0400. The van der Waals surface area contributed by atoms with Crippen molar-refractivity contribution in [3.05, 3.63) is 106 Å². The fourth-order valence-electron chi connectivity index (χ4n) is 3.74. The molecular formula is C25H14ClF2N4O2-. The van der Waals surface area contributed by atoms with Gasteiger partial charge in [-0.05, 0) is 42.0 Å². The zero-order valence-corrected chi connectivity index (χ0v) is 18.1. The van der Waals surface area contributed by atoms with Gasteiger partial charge in [0.15, 0.2) is 0 Å². The summed E-state index contributed by atoms with van der Waals surface area (Å²) in [6.45, 7) is 0.103. The topological polar surface area (TPSA) is 90.3 Å². The second kappa shape index (κ2) is 8.64. The summed E-state index contributed by atoms with van der Waals surface area (Å²) in [5.41, 5.74) is 2.74. The fourth-order valence-corrected chi connectivity index (χ4v) is 3.91. The molecule has 168 valence electrons. The molecule has 0 spiro atoms. The van der Waals surface area contributed by atoms with Gasteiger partial charge in [0.1, 0.15) is 11.6 Å². The Morgan fingerprint density at radius 3 is 2.44 bits per heavy atom. The molecule has 4 aromatic rings. The van der Waals surface area contributed by atoms with Crippen LogP contribution in [0.5, 0.6) is 0 Å². The average Bonchev–Trinajstić information content (AvgIpc) is 2.96. The number of aliphatic imine (C=N–C) groups is 1. The minimum Gasteiger partial charge on any atom is -0.545 e. The Morgan fingerprint density at radius 2 is 1.74 bits per heavy atom. The van der Waals surface area contributed by atoms with Crippen LogP contribution < -0.4 is 10.4 Å². The molecule has 0 radical (unpaired) electrons. The van der Waals surface area contributed by atoms with E-state index in [1.807, 2.05) is 0 Å². The number of nitrogens with one attached hydrogen (secondary N) is 1. The summed E-state index contributed by atoms with van der Waals surface area (Å²) in [6.07, 6.45) is 1.59. The van der Waals surface area contributed by atoms with Crippen molar-refractivity contribution in [2.45, 2.75) is 6.54 Å². The third-order valence-corrected chi connectivity index (χ3v) is 5.58. The third-order valence-electron chi connectivity index (χ3n) is 5.34. The average molecular weight is 476 g/mol. The molecule has 1 aliphatic rings. The molecular weight excluding hydrogens is 462 g/mol. The minimum absolute atomic E-state index is 0.0456. The maximum Gasteiger partial charge on any atom is 0.227 e. The van der Waals surface area contributed by atoms with Crippen LogP contribution in [0.1, 0.15) is 27.0 Å². The van der Waals surface area contributed by atoms with E-state index in [2.05, 4.69) is 20.3 Å². The van der Waals surface area contributed by atoms with Gasteiger partial charge in [0.05, 0.1) is 29.5 Å². The van der Waals surface area contributed by atoms with Gasteiger partial charge in [0, 0.05) is 33.6 Å². The van der Waals surface area contributed by atoms with Crippen molar-refractivity contribution < 1.29 is 18.7 Å². The molecule has 9 heteroatoms. The summed E-state index contributed by atoms with van der Waals surface area (Å²) >= 11 is 6.23. The number of hydrogen-bond acceptors (Lipinski definition) is 6. The smallest absolute Gasteiger partial charge is 0.227 e. The molecule has 0 unspecified atom stereocenters. The van der Waals surface area contributed by atoms with Crippen LogP contribution in [0.2, 0.25) is 5.02 Å². The number of carbonyl (C=O) groups excluding carboxylic acids is 1. The van der Waals surface area contributed by atoms with Crippen molar-refractivity contribution in [3.63, 3.8) is 0 Å². The van der Waals surface area contributed by atoms with E-state index in [1.54, 1.807) is 36.5 Å². The number of rotatable bonds is 4. The number of nitrogens with zero attached hydrogens (tertiary/aromatic N) is 3. The number of halogens is 3. The van der Waals surface area contributed by atoms with E-state index in [9.17, 15) is 18.7 Å². The Morgan fingerprint density at radius 1 is 1.00 bits per heavy atom. The van der Waals surface area contributed by atoms with Gasteiger partial charge in [0.2, 0.25) is 5.95 Å². The Balaban J connectivity index is 1.59. The van der Waals surface area contributed by atoms with E-state index in [1.165, 1.54) is 30.3 Å². The lowest BCUT2D eigenvalue weighted by Gasteiger charge is -2.13. The molecule has 0 amide bonds. The van der Waals surface area contributed by atoms with Crippen LogP contribution in [-0.2, 0) is 6.54 Å². The Bertz CT molecular complexity index is 1450. The first kappa shape index (κ1) is 21.7. The molecule has 1 aromatic heterocycles. The predicted molar refractivity (Wildman–Crippen MR) is 122 cm³/mol. The van der Waals surface area contributed by atoms with E-state index >= 15 is 0 Å². The molecule has 0 aliphatic carbocycles. The molecule has 1 N–H and O–H groups in total. The molecule has 1 aliphatic heterocycles. The molecule has 0 saturated heterocycles. The van der Waals surface area contributed by atoms with Gasteiger partial charge >= 0.3 is 0 Å². The lowest BCUT2D eigenvalue weighted by Crippen LogP contribution is -2.21. The molecule has 0 saturated carbocycles. The number of hydrogen-bond donors (Lipinski definition) is 1. The van der Waals surface area contributed by atoms with Gasteiger partial charge in [-0.2, -0.15) is 0 Å². The highest BCUT2D eigenvalue weighted by atomic mass is 35.5. The predicted octanol–water partition coefficient (Wildman–Crippen LogP) is 4.53. The monoisotopic (exact) mass is 475 g/mol. The van der Waals surface area contributed by atoms with Crippen LogP contribution >= 0.6 is 11.6 Å². The summed E-state index contributed by atoms with van der Waals surface area (Å²) < 4.78 is 29.3.